The molecule has 102 valence electrons. The monoisotopic (exact) mass is 267 g/mol. The molecule has 2 aromatic carbocycles. The Labute approximate surface area is 117 Å². The normalized spacial score (nSPS) is 13.8. The molecule has 0 unspecified atom stereocenters. The summed E-state index contributed by atoms with van der Waals surface area (Å²) in [5.74, 6) is 0.0819. The Balaban J connectivity index is 1.93. The molecule has 1 aliphatic rings. The summed E-state index contributed by atoms with van der Waals surface area (Å²) >= 11 is 0. The van der Waals surface area contributed by atoms with Crippen LogP contribution in [-0.4, -0.2) is 19.7 Å². The number of hydrogen-bond donors (Lipinski definition) is 1. The van der Waals surface area contributed by atoms with Gasteiger partial charge in [0.25, 0.3) is 0 Å². The van der Waals surface area contributed by atoms with Crippen molar-refractivity contribution >= 4 is 6.08 Å². The quantitative estimate of drug-likeness (QED) is 0.523. The van der Waals surface area contributed by atoms with E-state index in [0.29, 0.717) is 6.61 Å². The van der Waals surface area contributed by atoms with Crippen LogP contribution in [0.25, 0.3) is 11.1 Å². The number of rotatable bonds is 3. The lowest BCUT2D eigenvalue weighted by Crippen LogP contribution is -2.26. The van der Waals surface area contributed by atoms with E-state index in [4.69, 9.17) is 4.74 Å². The molecule has 0 heterocycles. The molecule has 1 N–H and O–H groups in total. The van der Waals surface area contributed by atoms with Gasteiger partial charge in [0.1, 0.15) is 0 Å². The fraction of sp³-hybridized carbons (Fsp3) is 0.188. The summed E-state index contributed by atoms with van der Waals surface area (Å²) in [6.07, 6.45) is -0.589. The zero-order valence-electron chi connectivity index (χ0n) is 11.2. The summed E-state index contributed by atoms with van der Waals surface area (Å²) in [5, 5.41) is 14.9. The second-order valence-corrected chi connectivity index (χ2v) is 4.64. The van der Waals surface area contributed by atoms with Gasteiger partial charge in [0.2, 0.25) is 0 Å². The van der Waals surface area contributed by atoms with Crippen molar-refractivity contribution in [2.45, 2.75) is 5.92 Å². The fourth-order valence-corrected chi connectivity index (χ4v) is 2.72. The first-order valence-corrected chi connectivity index (χ1v) is 6.53. The van der Waals surface area contributed by atoms with Crippen LogP contribution >= 0.6 is 0 Å². The van der Waals surface area contributed by atoms with Crippen LogP contribution in [0.5, 0.6) is 0 Å². The maximum absolute atomic E-state index is 11.4. The van der Waals surface area contributed by atoms with Crippen LogP contribution in [0.2, 0.25) is 0 Å². The van der Waals surface area contributed by atoms with Gasteiger partial charge in [-0.25, -0.2) is 0 Å². The Morgan fingerprint density at radius 1 is 1.10 bits per heavy atom. The van der Waals surface area contributed by atoms with Crippen molar-refractivity contribution in [2.75, 3.05) is 13.7 Å². The van der Waals surface area contributed by atoms with E-state index in [1.54, 1.807) is 7.05 Å². The summed E-state index contributed by atoms with van der Waals surface area (Å²) in [6.45, 7) is 0.304. The van der Waals surface area contributed by atoms with Gasteiger partial charge in [-0.05, 0) is 22.3 Å². The predicted octanol–water partition coefficient (Wildman–Crippen LogP) is 1.67. The molecule has 0 saturated heterocycles. The number of hydrogen-bond acceptors (Lipinski definition) is 4. The van der Waals surface area contributed by atoms with Crippen LogP contribution in [0.4, 0.5) is 0 Å². The van der Waals surface area contributed by atoms with Gasteiger partial charge in [-0.3, -0.25) is 0 Å². The molecule has 0 saturated carbocycles. The molecule has 1 aliphatic carbocycles. The van der Waals surface area contributed by atoms with Crippen LogP contribution in [0.1, 0.15) is 17.0 Å². The Bertz CT molecular complexity index is 607. The van der Waals surface area contributed by atoms with Crippen LogP contribution in [0.15, 0.2) is 53.6 Å². The largest absolute Gasteiger partial charge is 0.598 e. The van der Waals surface area contributed by atoms with Crippen molar-refractivity contribution < 1.29 is 9.84 Å². The number of nitrogens with one attached hydrogen (secondary N) is 1. The van der Waals surface area contributed by atoms with Crippen LogP contribution in [-0.2, 0) is 4.74 Å². The Hall–Kier alpha value is -2.49. The number of benzene rings is 2. The van der Waals surface area contributed by atoms with Gasteiger partial charge in [0, 0.05) is 19.6 Å². The first-order valence-electron chi connectivity index (χ1n) is 6.53. The molecule has 0 aliphatic heterocycles. The van der Waals surface area contributed by atoms with Gasteiger partial charge >= 0.3 is 0 Å². The summed E-state index contributed by atoms with van der Waals surface area (Å²) in [4.78, 5) is 0. The maximum Gasteiger partial charge on any atom is 0.171 e. The average molecular weight is 267 g/mol. The minimum atomic E-state index is -0.589. The molecule has 0 bridgehead atoms. The van der Waals surface area contributed by atoms with Crippen molar-refractivity contribution in [1.29, 1.82) is 0 Å². The summed E-state index contributed by atoms with van der Waals surface area (Å²) in [6, 6.07) is 16.5. The SMILES string of the molecule is CN/N=C(/[O-])OCC1c2ccccc2-c2ccccc21. The van der Waals surface area contributed by atoms with Gasteiger partial charge in [0.15, 0.2) is 6.08 Å². The van der Waals surface area contributed by atoms with Crippen LogP contribution < -0.4 is 10.5 Å². The number of ether oxygens (including phenoxy) is 1. The molecule has 4 heteroatoms. The number of hydrazone groups is 1. The second kappa shape index (κ2) is 5.25. The van der Waals surface area contributed by atoms with Gasteiger partial charge in [-0.1, -0.05) is 48.5 Å². The maximum atomic E-state index is 11.4. The van der Waals surface area contributed by atoms with E-state index in [9.17, 15) is 5.11 Å². The zero-order chi connectivity index (χ0) is 13.9. The van der Waals surface area contributed by atoms with Gasteiger partial charge in [-0.2, -0.15) is 5.10 Å². The molecular weight excluding hydrogens is 252 g/mol. The molecular formula is C16H15N2O2-. The van der Waals surface area contributed by atoms with Gasteiger partial charge in [-0.15, -0.1) is 0 Å². The van der Waals surface area contributed by atoms with Crippen LogP contribution in [0.3, 0.4) is 0 Å². The molecule has 0 fully saturated rings. The average Bonchev–Trinajstić information content (AvgIpc) is 2.80. The van der Waals surface area contributed by atoms with Gasteiger partial charge < -0.3 is 15.3 Å². The van der Waals surface area contributed by atoms with Crippen molar-refractivity contribution in [3.8, 4) is 11.1 Å². The molecule has 0 aromatic heterocycles. The third-order valence-electron chi connectivity index (χ3n) is 3.54. The highest BCUT2D eigenvalue weighted by Gasteiger charge is 2.26. The predicted molar refractivity (Wildman–Crippen MR) is 76.2 cm³/mol. The standard InChI is InChI=1S/C16H16N2O2/c1-17-18-16(19)20-10-15-13-8-4-2-6-11(13)12-7-3-5-9-14(12)15/h2-9,15,17H,10H2,1H3,(H,18,19)/p-1. The van der Waals surface area contributed by atoms with E-state index in [1.165, 1.54) is 22.3 Å². The number of nitrogens with zero attached hydrogens (tertiary/aromatic N) is 1. The Morgan fingerprint density at radius 3 is 2.20 bits per heavy atom. The van der Waals surface area contributed by atoms with Gasteiger partial charge in [0.05, 0.1) is 0 Å². The minimum absolute atomic E-state index is 0.0819. The highest BCUT2D eigenvalue weighted by atomic mass is 16.6. The van der Waals surface area contributed by atoms with E-state index >= 15 is 0 Å². The summed E-state index contributed by atoms with van der Waals surface area (Å²) in [5.41, 5.74) is 7.27. The van der Waals surface area contributed by atoms with Crippen molar-refractivity contribution in [1.82, 2.24) is 5.43 Å². The van der Waals surface area contributed by atoms with Crippen molar-refractivity contribution in [2.24, 2.45) is 5.10 Å². The molecule has 4 nitrogen and oxygen atoms in total. The molecule has 3 rings (SSSR count). The van der Waals surface area contributed by atoms with E-state index in [0.717, 1.165) is 0 Å². The fourth-order valence-electron chi connectivity index (χ4n) is 2.72. The van der Waals surface area contributed by atoms with E-state index < -0.39 is 6.08 Å². The zero-order valence-corrected chi connectivity index (χ0v) is 11.2. The summed E-state index contributed by atoms with van der Waals surface area (Å²) < 4.78 is 5.21. The topological polar surface area (TPSA) is 56.7 Å². The lowest BCUT2D eigenvalue weighted by molar-refractivity contribution is -0.251. The molecule has 0 amide bonds. The summed E-state index contributed by atoms with van der Waals surface area (Å²) in [7, 11) is 1.57. The van der Waals surface area contributed by atoms with Crippen molar-refractivity contribution in [3.63, 3.8) is 0 Å². The van der Waals surface area contributed by atoms with E-state index in [-0.39, 0.29) is 5.92 Å². The second-order valence-electron chi connectivity index (χ2n) is 4.64. The third kappa shape index (κ3) is 2.09. The highest BCUT2D eigenvalue weighted by molar-refractivity contribution is 5.78. The van der Waals surface area contributed by atoms with Crippen LogP contribution in [0, 0.1) is 0 Å². The lowest BCUT2D eigenvalue weighted by atomic mass is 9.98. The van der Waals surface area contributed by atoms with E-state index in [2.05, 4.69) is 34.8 Å². The van der Waals surface area contributed by atoms with Crippen molar-refractivity contribution in [3.05, 3.63) is 59.7 Å². The third-order valence-corrected chi connectivity index (χ3v) is 3.54. The highest BCUT2D eigenvalue weighted by Crippen LogP contribution is 2.44. The minimum Gasteiger partial charge on any atom is -0.598 e. The van der Waals surface area contributed by atoms with E-state index in [1.807, 2.05) is 24.3 Å². The lowest BCUT2D eigenvalue weighted by Gasteiger charge is -2.20. The molecule has 20 heavy (non-hydrogen) atoms. The smallest absolute Gasteiger partial charge is 0.171 e. The molecule has 0 spiro atoms. The Kier molecular flexibility index (Phi) is 3.29. The first-order chi connectivity index (χ1) is 9.81. The number of fused-ring (bicyclic) bond motifs is 3. The first kappa shape index (κ1) is 12.5. The molecule has 2 aromatic rings. The molecule has 0 radical (unpaired) electrons. The molecule has 0 atom stereocenters. The Morgan fingerprint density at radius 2 is 1.65 bits per heavy atom.